The van der Waals surface area contributed by atoms with Crippen LogP contribution in [0.3, 0.4) is 0 Å². The van der Waals surface area contributed by atoms with Gasteiger partial charge in [-0.15, -0.1) is 0 Å². The van der Waals surface area contributed by atoms with Gasteiger partial charge in [0.2, 0.25) is 0 Å². The lowest BCUT2D eigenvalue weighted by Gasteiger charge is -2.20. The van der Waals surface area contributed by atoms with Crippen molar-refractivity contribution in [1.82, 2.24) is 35.5 Å². The molecule has 0 radical (unpaired) electrons. The lowest BCUT2D eigenvalue weighted by atomic mass is 10.1. The Bertz CT molecular complexity index is 1270. The van der Waals surface area contributed by atoms with Crippen LogP contribution in [-0.2, 0) is 4.74 Å². The maximum Gasteiger partial charge on any atom is 0.267 e. The minimum atomic E-state index is -0.422. The van der Waals surface area contributed by atoms with Crippen LogP contribution < -0.4 is 10.9 Å². The lowest BCUT2D eigenvalue weighted by molar-refractivity contribution is 0.0925. The van der Waals surface area contributed by atoms with Crippen LogP contribution in [0.25, 0.3) is 22.3 Å². The number of rotatable bonds is 4. The summed E-state index contributed by atoms with van der Waals surface area (Å²) in [7, 11) is 0. The van der Waals surface area contributed by atoms with E-state index in [9.17, 15) is 9.59 Å². The van der Waals surface area contributed by atoms with E-state index in [1.807, 2.05) is 6.07 Å². The van der Waals surface area contributed by atoms with Gasteiger partial charge in [0, 0.05) is 29.6 Å². The van der Waals surface area contributed by atoms with Crippen LogP contribution in [0, 0.1) is 0 Å². The van der Waals surface area contributed by atoms with Gasteiger partial charge in [0.25, 0.3) is 11.5 Å². The smallest absolute Gasteiger partial charge is 0.267 e. The average Bonchev–Trinajstić information content (AvgIpc) is 3.43. The molecule has 10 nitrogen and oxygen atoms in total. The molecule has 0 bridgehead atoms. The minimum absolute atomic E-state index is 0.263. The fraction of sp³-hybridized carbons (Fsp3) is 0.200. The van der Waals surface area contributed by atoms with Gasteiger partial charge in [-0.2, -0.15) is 20.5 Å². The van der Waals surface area contributed by atoms with E-state index in [4.69, 9.17) is 4.74 Å². The Hall–Kier alpha value is -3.92. The molecule has 2 unspecified atom stereocenters. The molecule has 5 rings (SSSR count). The number of pyridine rings is 1. The highest BCUT2D eigenvalue weighted by Gasteiger charge is 2.33. The molecule has 1 saturated heterocycles. The van der Waals surface area contributed by atoms with Gasteiger partial charge in [0.05, 0.1) is 24.9 Å². The van der Waals surface area contributed by atoms with Crippen molar-refractivity contribution in [2.24, 2.45) is 0 Å². The Balaban J connectivity index is 1.41. The van der Waals surface area contributed by atoms with Gasteiger partial charge in [-0.25, -0.2) is 4.68 Å². The number of H-pyrrole nitrogens is 1. The Morgan fingerprint density at radius 1 is 1.13 bits per heavy atom. The maximum atomic E-state index is 12.8. The van der Waals surface area contributed by atoms with Crippen molar-refractivity contribution in [2.45, 2.75) is 12.1 Å². The number of amides is 1. The monoisotopic (exact) mass is 403 g/mol. The third kappa shape index (κ3) is 3.33. The molecule has 0 saturated carbocycles. The van der Waals surface area contributed by atoms with Crippen molar-refractivity contribution < 1.29 is 9.53 Å². The van der Waals surface area contributed by atoms with Crippen LogP contribution in [0.2, 0.25) is 0 Å². The number of carbonyl (C=O) groups is 1. The zero-order valence-electron chi connectivity index (χ0n) is 15.7. The Labute approximate surface area is 169 Å². The van der Waals surface area contributed by atoms with Gasteiger partial charge in [-0.05, 0) is 36.4 Å². The van der Waals surface area contributed by atoms with E-state index in [1.165, 1.54) is 10.7 Å². The Kier molecular flexibility index (Phi) is 4.52. The molecule has 0 aliphatic carbocycles. The predicted molar refractivity (Wildman–Crippen MR) is 107 cm³/mol. The predicted octanol–water partition coefficient (Wildman–Crippen LogP) is 0.946. The first-order valence-electron chi connectivity index (χ1n) is 9.38. The SMILES string of the molecule is O=C(NC1COCC1n1nc(-c2cccnc2)ccc1=O)c1ccc2n[nH]nc2c1. The Morgan fingerprint density at radius 3 is 2.90 bits per heavy atom. The number of carbonyl (C=O) groups excluding carboxylic acids is 1. The van der Waals surface area contributed by atoms with Crippen LogP contribution in [0.1, 0.15) is 16.4 Å². The summed E-state index contributed by atoms with van der Waals surface area (Å²) in [6, 6.07) is 11.0. The second-order valence-corrected chi connectivity index (χ2v) is 6.95. The highest BCUT2D eigenvalue weighted by atomic mass is 16.5. The molecule has 3 aromatic heterocycles. The summed E-state index contributed by atoms with van der Waals surface area (Å²) in [5.74, 6) is -0.281. The van der Waals surface area contributed by atoms with Gasteiger partial charge in [-0.1, -0.05) is 0 Å². The van der Waals surface area contributed by atoms with Gasteiger partial charge in [0.15, 0.2) is 0 Å². The van der Waals surface area contributed by atoms with Crippen molar-refractivity contribution in [3.8, 4) is 11.3 Å². The molecular weight excluding hydrogens is 386 g/mol. The quantitative estimate of drug-likeness (QED) is 0.519. The summed E-state index contributed by atoms with van der Waals surface area (Å²) in [6.07, 6.45) is 3.36. The molecule has 2 N–H and O–H groups in total. The van der Waals surface area contributed by atoms with E-state index in [1.54, 1.807) is 42.7 Å². The number of aromatic nitrogens is 6. The highest BCUT2D eigenvalue weighted by Crippen LogP contribution is 2.20. The number of benzene rings is 1. The van der Waals surface area contributed by atoms with Gasteiger partial charge in [0.1, 0.15) is 17.1 Å². The van der Waals surface area contributed by atoms with E-state index in [0.29, 0.717) is 22.3 Å². The largest absolute Gasteiger partial charge is 0.377 e. The minimum Gasteiger partial charge on any atom is -0.377 e. The standard InChI is InChI=1S/C20H17N7O3/c28-19-6-5-14(13-2-1-7-21-9-13)25-27(19)18-11-30-10-17(18)22-20(29)12-3-4-15-16(8-12)24-26-23-15/h1-9,17-18H,10-11H2,(H,22,29)(H,23,24,26). The molecule has 1 fully saturated rings. The molecule has 1 aliphatic heterocycles. The molecule has 1 aliphatic rings. The lowest BCUT2D eigenvalue weighted by Crippen LogP contribution is -2.44. The summed E-state index contributed by atoms with van der Waals surface area (Å²) in [5, 5.41) is 18.0. The molecule has 4 heterocycles. The van der Waals surface area contributed by atoms with Crippen molar-refractivity contribution in [1.29, 1.82) is 0 Å². The molecule has 0 spiro atoms. The maximum absolute atomic E-state index is 12.8. The molecule has 1 amide bonds. The molecule has 150 valence electrons. The highest BCUT2D eigenvalue weighted by molar-refractivity contribution is 5.97. The topological polar surface area (TPSA) is 128 Å². The van der Waals surface area contributed by atoms with Crippen molar-refractivity contribution >= 4 is 16.9 Å². The number of nitrogens with zero attached hydrogens (tertiary/aromatic N) is 5. The molecular formula is C20H17N7O3. The number of ether oxygens (including phenoxy) is 1. The second kappa shape index (κ2) is 7.48. The fourth-order valence-corrected chi connectivity index (χ4v) is 3.49. The first-order valence-corrected chi connectivity index (χ1v) is 9.38. The number of fused-ring (bicyclic) bond motifs is 1. The number of hydrogen-bond donors (Lipinski definition) is 2. The third-order valence-electron chi connectivity index (χ3n) is 5.04. The number of aromatic amines is 1. The van der Waals surface area contributed by atoms with Crippen LogP contribution >= 0.6 is 0 Å². The van der Waals surface area contributed by atoms with Gasteiger partial charge >= 0.3 is 0 Å². The van der Waals surface area contributed by atoms with E-state index in [0.717, 1.165) is 5.56 Å². The van der Waals surface area contributed by atoms with Crippen LogP contribution in [0.4, 0.5) is 0 Å². The summed E-state index contributed by atoms with van der Waals surface area (Å²) in [5.41, 5.74) is 2.89. The second-order valence-electron chi connectivity index (χ2n) is 6.95. The van der Waals surface area contributed by atoms with Crippen LogP contribution in [-0.4, -0.2) is 55.3 Å². The van der Waals surface area contributed by atoms with Crippen molar-refractivity contribution in [3.05, 3.63) is 70.8 Å². The number of hydrogen-bond acceptors (Lipinski definition) is 7. The zero-order valence-corrected chi connectivity index (χ0v) is 15.7. The normalized spacial score (nSPS) is 18.5. The molecule has 1 aromatic carbocycles. The van der Waals surface area contributed by atoms with E-state index in [2.05, 4.69) is 30.8 Å². The third-order valence-corrected chi connectivity index (χ3v) is 5.04. The van der Waals surface area contributed by atoms with E-state index < -0.39 is 12.1 Å². The fourth-order valence-electron chi connectivity index (χ4n) is 3.49. The van der Waals surface area contributed by atoms with Crippen LogP contribution in [0.5, 0.6) is 0 Å². The summed E-state index contributed by atoms with van der Waals surface area (Å²) < 4.78 is 6.94. The van der Waals surface area contributed by atoms with Crippen molar-refractivity contribution in [2.75, 3.05) is 13.2 Å². The van der Waals surface area contributed by atoms with E-state index in [-0.39, 0.29) is 24.7 Å². The molecule has 2 atom stereocenters. The first kappa shape index (κ1) is 18.1. The van der Waals surface area contributed by atoms with Gasteiger partial charge < -0.3 is 10.1 Å². The van der Waals surface area contributed by atoms with E-state index >= 15 is 0 Å². The average molecular weight is 403 g/mol. The van der Waals surface area contributed by atoms with Crippen molar-refractivity contribution in [3.63, 3.8) is 0 Å². The molecule has 10 heteroatoms. The first-order chi connectivity index (χ1) is 14.7. The zero-order chi connectivity index (χ0) is 20.5. The number of nitrogens with one attached hydrogen (secondary N) is 2. The van der Waals surface area contributed by atoms with Gasteiger partial charge in [-0.3, -0.25) is 14.6 Å². The Morgan fingerprint density at radius 2 is 2.03 bits per heavy atom. The van der Waals surface area contributed by atoms with Crippen LogP contribution in [0.15, 0.2) is 59.7 Å². The summed E-state index contributed by atoms with van der Waals surface area (Å²) in [4.78, 5) is 29.4. The molecule has 30 heavy (non-hydrogen) atoms. The summed E-state index contributed by atoms with van der Waals surface area (Å²) in [6.45, 7) is 0.560. The summed E-state index contributed by atoms with van der Waals surface area (Å²) >= 11 is 0. The molecule has 4 aromatic rings.